The molecule has 0 spiro atoms. The third-order valence-corrected chi connectivity index (χ3v) is 11.5. The molecule has 4 heteroatoms. The van der Waals surface area contributed by atoms with Crippen LogP contribution in [0.1, 0.15) is 54.4 Å². The van der Waals surface area contributed by atoms with Gasteiger partial charge < -0.3 is 9.16 Å². The summed E-state index contributed by atoms with van der Waals surface area (Å²) < 4.78 is 12.4. The fraction of sp³-hybridized carbons (Fsp3) is 0.783. The Kier molecular flexibility index (Phi) is 7.18. The lowest BCUT2D eigenvalue weighted by molar-refractivity contribution is -0.156. The van der Waals surface area contributed by atoms with Gasteiger partial charge in [-0.2, -0.15) is 0 Å². The van der Waals surface area contributed by atoms with Crippen molar-refractivity contribution in [3.8, 4) is 0 Å². The Bertz CT molecular complexity index is 573. The molecule has 0 aromatic rings. The summed E-state index contributed by atoms with van der Waals surface area (Å²) in [7, 11) is -1.93. The first-order valence-electron chi connectivity index (χ1n) is 10.7. The molecule has 154 valence electrons. The first kappa shape index (κ1) is 22.4. The monoisotopic (exact) mass is 392 g/mol. The minimum atomic E-state index is -1.93. The van der Waals surface area contributed by atoms with E-state index in [2.05, 4.69) is 72.0 Å². The molecule has 0 saturated heterocycles. The molecule has 27 heavy (non-hydrogen) atoms. The second-order valence-corrected chi connectivity index (χ2v) is 14.7. The van der Waals surface area contributed by atoms with Crippen LogP contribution in [0, 0.1) is 29.6 Å². The first-order chi connectivity index (χ1) is 12.5. The Morgan fingerprint density at radius 2 is 1.89 bits per heavy atom. The number of fused-ring (bicyclic) bond motifs is 1. The van der Waals surface area contributed by atoms with Crippen LogP contribution in [0.25, 0.3) is 0 Å². The van der Waals surface area contributed by atoms with Gasteiger partial charge in [0.05, 0.1) is 12.5 Å². The molecule has 0 amide bonds. The summed E-state index contributed by atoms with van der Waals surface area (Å²) in [5.74, 6) is 1.19. The Morgan fingerprint density at radius 1 is 1.22 bits per heavy atom. The molecule has 1 fully saturated rings. The minimum Gasteiger partial charge on any atom is -0.466 e. The van der Waals surface area contributed by atoms with Crippen molar-refractivity contribution in [1.82, 2.24) is 0 Å². The SMILES string of the molecule is C/C=C\[C@@H]1C[C@H](O[Si](C)(C)C(C)(C)C)[C@@H]2[C@@H](C(=O)OCC)[C@@H](C)C=C[C@H]2C1. The van der Waals surface area contributed by atoms with Crippen molar-refractivity contribution in [3.63, 3.8) is 0 Å². The van der Waals surface area contributed by atoms with E-state index in [1.165, 1.54) is 0 Å². The van der Waals surface area contributed by atoms with Crippen LogP contribution < -0.4 is 0 Å². The summed E-state index contributed by atoms with van der Waals surface area (Å²) >= 11 is 0. The van der Waals surface area contributed by atoms with E-state index in [4.69, 9.17) is 9.16 Å². The average Bonchev–Trinajstić information content (AvgIpc) is 2.54. The molecule has 2 aliphatic rings. The van der Waals surface area contributed by atoms with Gasteiger partial charge in [-0.25, -0.2) is 0 Å². The predicted octanol–water partition coefficient (Wildman–Crippen LogP) is 5.98. The number of ether oxygens (including phenoxy) is 1. The molecule has 6 atom stereocenters. The van der Waals surface area contributed by atoms with E-state index >= 15 is 0 Å². The molecule has 2 aliphatic carbocycles. The second kappa shape index (κ2) is 8.65. The highest BCUT2D eigenvalue weighted by Crippen LogP contribution is 2.49. The highest BCUT2D eigenvalue weighted by Gasteiger charge is 2.50. The summed E-state index contributed by atoms with van der Waals surface area (Å²) in [6.45, 7) is 18.1. The van der Waals surface area contributed by atoms with Crippen molar-refractivity contribution in [2.75, 3.05) is 6.61 Å². The molecule has 1 saturated carbocycles. The summed E-state index contributed by atoms with van der Waals surface area (Å²) in [6, 6.07) is 0. The largest absolute Gasteiger partial charge is 0.466 e. The molecule has 0 aromatic heterocycles. The summed E-state index contributed by atoms with van der Waals surface area (Å²) in [4.78, 5) is 12.9. The number of hydrogen-bond donors (Lipinski definition) is 0. The summed E-state index contributed by atoms with van der Waals surface area (Å²) in [5, 5.41) is 0.158. The fourth-order valence-corrected chi connectivity index (χ4v) is 5.91. The van der Waals surface area contributed by atoms with Crippen LogP contribution in [-0.2, 0) is 14.0 Å². The van der Waals surface area contributed by atoms with Crippen LogP contribution >= 0.6 is 0 Å². The van der Waals surface area contributed by atoms with Gasteiger partial charge in [0.2, 0.25) is 0 Å². The van der Waals surface area contributed by atoms with Gasteiger partial charge in [-0.15, -0.1) is 0 Å². The molecule has 0 heterocycles. The fourth-order valence-electron chi connectivity index (χ4n) is 4.55. The van der Waals surface area contributed by atoms with Crippen molar-refractivity contribution >= 4 is 14.3 Å². The van der Waals surface area contributed by atoms with Crippen LogP contribution in [0.5, 0.6) is 0 Å². The number of allylic oxidation sites excluding steroid dienone is 4. The molecule has 0 radical (unpaired) electrons. The molecular weight excluding hydrogens is 352 g/mol. The van der Waals surface area contributed by atoms with Crippen molar-refractivity contribution in [3.05, 3.63) is 24.3 Å². The normalized spacial score (nSPS) is 34.5. The van der Waals surface area contributed by atoms with E-state index in [1.807, 2.05) is 6.92 Å². The molecular formula is C23H40O3Si. The van der Waals surface area contributed by atoms with Crippen molar-refractivity contribution in [2.24, 2.45) is 29.6 Å². The minimum absolute atomic E-state index is 0.0438. The zero-order valence-corrected chi connectivity index (χ0v) is 19.6. The number of esters is 1. The van der Waals surface area contributed by atoms with E-state index in [0.717, 1.165) is 12.8 Å². The zero-order chi connectivity index (χ0) is 20.4. The molecule has 3 nitrogen and oxygen atoms in total. The molecule has 0 aromatic carbocycles. The van der Waals surface area contributed by atoms with Gasteiger partial charge in [-0.1, -0.05) is 52.0 Å². The van der Waals surface area contributed by atoms with Gasteiger partial charge in [0, 0.05) is 12.0 Å². The van der Waals surface area contributed by atoms with E-state index in [1.54, 1.807) is 0 Å². The Hall–Kier alpha value is -0.873. The Morgan fingerprint density at radius 3 is 2.44 bits per heavy atom. The first-order valence-corrected chi connectivity index (χ1v) is 13.6. The standard InChI is InChI=1S/C23H40O3Si/c1-9-11-17-14-18-13-12-16(3)20(22(24)25-10-2)21(18)19(15-17)26-27(7,8)23(4,5)6/h9,11-13,16-21H,10,14-15H2,1-8H3/b11-9-/t16-,17-,18-,19-,20-,21+/m0/s1. The predicted molar refractivity (Wildman–Crippen MR) is 115 cm³/mol. The van der Waals surface area contributed by atoms with E-state index < -0.39 is 8.32 Å². The van der Waals surface area contributed by atoms with Crippen molar-refractivity contribution < 1.29 is 14.0 Å². The number of rotatable bonds is 5. The second-order valence-electron chi connectivity index (χ2n) is 9.94. The molecule has 0 N–H and O–H groups in total. The molecule has 0 unspecified atom stereocenters. The molecule has 2 rings (SSSR count). The van der Waals surface area contributed by atoms with E-state index in [9.17, 15) is 4.79 Å². The number of hydrogen-bond acceptors (Lipinski definition) is 3. The lowest BCUT2D eigenvalue weighted by atomic mass is 9.61. The maximum Gasteiger partial charge on any atom is 0.309 e. The zero-order valence-electron chi connectivity index (χ0n) is 18.6. The van der Waals surface area contributed by atoms with Gasteiger partial charge in [-0.3, -0.25) is 4.79 Å². The van der Waals surface area contributed by atoms with E-state index in [-0.39, 0.29) is 34.9 Å². The highest BCUT2D eigenvalue weighted by atomic mass is 28.4. The molecule has 0 aliphatic heterocycles. The maximum absolute atomic E-state index is 12.9. The van der Waals surface area contributed by atoms with Crippen molar-refractivity contribution in [1.29, 1.82) is 0 Å². The topological polar surface area (TPSA) is 35.5 Å². The summed E-state index contributed by atoms with van der Waals surface area (Å²) in [6.07, 6.45) is 11.3. The van der Waals surface area contributed by atoms with E-state index in [0.29, 0.717) is 18.4 Å². The summed E-state index contributed by atoms with van der Waals surface area (Å²) in [5.41, 5.74) is 0. The van der Waals surface area contributed by atoms with Gasteiger partial charge in [0.15, 0.2) is 8.32 Å². The average molecular weight is 393 g/mol. The van der Waals surface area contributed by atoms with Crippen LogP contribution in [0.3, 0.4) is 0 Å². The van der Waals surface area contributed by atoms with Gasteiger partial charge in [0.1, 0.15) is 0 Å². The van der Waals surface area contributed by atoms with Gasteiger partial charge >= 0.3 is 5.97 Å². The Labute approximate surface area is 167 Å². The highest BCUT2D eigenvalue weighted by molar-refractivity contribution is 6.74. The third kappa shape index (κ3) is 4.95. The number of carbonyl (C=O) groups excluding carboxylic acids is 1. The molecule has 0 bridgehead atoms. The van der Waals surface area contributed by atoms with Crippen LogP contribution in [0.15, 0.2) is 24.3 Å². The van der Waals surface area contributed by atoms with Crippen LogP contribution in [-0.4, -0.2) is 27.0 Å². The maximum atomic E-state index is 12.9. The smallest absolute Gasteiger partial charge is 0.309 e. The quantitative estimate of drug-likeness (QED) is 0.328. The number of carbonyl (C=O) groups is 1. The van der Waals surface area contributed by atoms with Gasteiger partial charge in [0.25, 0.3) is 0 Å². The van der Waals surface area contributed by atoms with Crippen LogP contribution in [0.2, 0.25) is 18.1 Å². The third-order valence-electron chi connectivity index (χ3n) is 6.95. The lowest BCUT2D eigenvalue weighted by Gasteiger charge is -2.50. The lowest BCUT2D eigenvalue weighted by Crippen LogP contribution is -2.53. The Balaban J connectivity index is 2.39. The van der Waals surface area contributed by atoms with Crippen molar-refractivity contribution in [2.45, 2.75) is 78.6 Å². The van der Waals surface area contributed by atoms with Gasteiger partial charge in [-0.05, 0) is 62.6 Å². The van der Waals surface area contributed by atoms with Crippen LogP contribution in [0.4, 0.5) is 0 Å².